The maximum absolute atomic E-state index is 13.8. The largest absolute Gasteiger partial charge is 0.508 e. The van der Waals surface area contributed by atoms with Gasteiger partial charge in [0.25, 0.3) is 5.91 Å². The van der Waals surface area contributed by atoms with Crippen LogP contribution in [0.15, 0.2) is 29.0 Å². The summed E-state index contributed by atoms with van der Waals surface area (Å²) >= 11 is 0. The Kier molecular flexibility index (Phi) is 5.01. The van der Waals surface area contributed by atoms with Gasteiger partial charge in [-0.2, -0.15) is 0 Å². The zero-order valence-electron chi connectivity index (χ0n) is 18.9. The van der Waals surface area contributed by atoms with Crippen LogP contribution in [0.25, 0.3) is 5.76 Å². The molecule has 1 aromatic carbocycles. The van der Waals surface area contributed by atoms with E-state index in [1.54, 1.807) is 6.92 Å². The molecule has 0 aliphatic heterocycles. The van der Waals surface area contributed by atoms with Gasteiger partial charge in [0.05, 0.1) is 40.7 Å². The number of phenolic OH excluding ortho intramolecular Hbond substituents is 1. The summed E-state index contributed by atoms with van der Waals surface area (Å²) < 4.78 is 0. The molecule has 0 bridgehead atoms. The topological polar surface area (TPSA) is 202 Å². The van der Waals surface area contributed by atoms with Crippen LogP contribution in [0, 0.1) is 18.8 Å². The Labute approximate surface area is 194 Å². The number of carbonyl (C=O) groups is 3. The summed E-state index contributed by atoms with van der Waals surface area (Å²) in [6, 6.07) is 1.27. The number of carbonyl (C=O) groups excluding carboxylic acids is 3. The Morgan fingerprint density at radius 1 is 1.12 bits per heavy atom. The summed E-state index contributed by atoms with van der Waals surface area (Å²) in [6.07, 6.45) is -1.88. The fourth-order valence-corrected chi connectivity index (χ4v) is 5.80. The van der Waals surface area contributed by atoms with Gasteiger partial charge in [-0.3, -0.25) is 19.3 Å². The van der Waals surface area contributed by atoms with Gasteiger partial charge in [0, 0.05) is 0 Å². The highest BCUT2D eigenvalue weighted by Crippen LogP contribution is 2.57. The predicted molar refractivity (Wildman–Crippen MR) is 116 cm³/mol. The van der Waals surface area contributed by atoms with Crippen LogP contribution in [0.3, 0.4) is 0 Å². The normalized spacial score (nSPS) is 35.3. The first-order valence-corrected chi connectivity index (χ1v) is 10.5. The molecule has 8 N–H and O–H groups in total. The van der Waals surface area contributed by atoms with Crippen molar-refractivity contribution in [2.45, 2.75) is 37.2 Å². The number of likely N-dealkylation sites (N-methyl/N-ethyl adjacent to an activating group) is 1. The minimum absolute atomic E-state index is 0.0228. The Hall–Kier alpha value is -3.25. The first-order valence-electron chi connectivity index (χ1n) is 10.5. The van der Waals surface area contributed by atoms with Crippen LogP contribution in [-0.4, -0.2) is 84.9 Å². The standard InChI is InChI=1S/C23H26N2O9/c1-7-5-8-10(9(26)6-7)16(27)11-13(22(8,2)33)18(29)14-15(25(3)4)17(28)12(21(24)32)20(31)23(14,34)19(11)30/h5-6,13-15,18,26-27,29,31,33-34H,1-4H3,(H2,24,32)/t13-,14-,15+,18+,22-,23+/m1/s1. The predicted octanol–water partition coefficient (Wildman–Crippen LogP) is -1.09. The van der Waals surface area contributed by atoms with Crippen LogP contribution < -0.4 is 5.73 Å². The van der Waals surface area contributed by atoms with Crippen LogP contribution >= 0.6 is 0 Å². The smallest absolute Gasteiger partial charge is 0.255 e. The van der Waals surface area contributed by atoms with Crippen molar-refractivity contribution in [3.05, 3.63) is 45.7 Å². The molecule has 0 saturated heterocycles. The summed E-state index contributed by atoms with van der Waals surface area (Å²) in [5.41, 5.74) is -1.23. The number of phenols is 1. The third-order valence-electron chi connectivity index (χ3n) is 7.25. The number of aryl methyl sites for hydroxylation is 1. The fourth-order valence-electron chi connectivity index (χ4n) is 5.80. The third kappa shape index (κ3) is 2.69. The molecule has 0 spiro atoms. The summed E-state index contributed by atoms with van der Waals surface area (Å²) in [7, 11) is 2.80. The van der Waals surface area contributed by atoms with Crippen LogP contribution in [-0.2, 0) is 20.0 Å². The van der Waals surface area contributed by atoms with E-state index in [9.17, 15) is 45.0 Å². The molecule has 0 radical (unpaired) electrons. The molecule has 1 fully saturated rings. The van der Waals surface area contributed by atoms with Crippen molar-refractivity contribution in [2.75, 3.05) is 14.1 Å². The van der Waals surface area contributed by atoms with Crippen molar-refractivity contribution in [1.29, 1.82) is 0 Å². The number of nitrogens with two attached hydrogens (primary N) is 1. The van der Waals surface area contributed by atoms with E-state index in [0.717, 1.165) is 0 Å². The number of benzene rings is 1. The fraction of sp³-hybridized carbons (Fsp3) is 0.435. The number of ketones is 2. The number of aliphatic hydroxyl groups is 5. The molecule has 1 saturated carbocycles. The summed E-state index contributed by atoms with van der Waals surface area (Å²) in [6.45, 7) is 2.90. The van der Waals surface area contributed by atoms with E-state index < -0.39 is 81.1 Å². The van der Waals surface area contributed by atoms with Gasteiger partial charge >= 0.3 is 0 Å². The molecule has 11 heteroatoms. The molecule has 0 heterocycles. The number of hydrogen-bond acceptors (Lipinski definition) is 10. The molecular weight excluding hydrogens is 448 g/mol. The Morgan fingerprint density at radius 3 is 2.24 bits per heavy atom. The first-order chi connectivity index (χ1) is 15.6. The van der Waals surface area contributed by atoms with E-state index in [2.05, 4.69) is 0 Å². The molecule has 3 aliphatic rings. The average molecular weight is 474 g/mol. The van der Waals surface area contributed by atoms with Gasteiger partial charge < -0.3 is 36.4 Å². The van der Waals surface area contributed by atoms with E-state index in [1.165, 1.54) is 38.1 Å². The molecule has 3 aliphatic carbocycles. The lowest BCUT2D eigenvalue weighted by atomic mass is 9.53. The number of aliphatic hydroxyl groups excluding tert-OH is 3. The second-order valence-electron chi connectivity index (χ2n) is 9.57. The number of primary amides is 1. The van der Waals surface area contributed by atoms with Crippen molar-refractivity contribution in [1.82, 2.24) is 4.90 Å². The monoisotopic (exact) mass is 474 g/mol. The molecule has 0 aromatic heterocycles. The van der Waals surface area contributed by atoms with E-state index in [0.29, 0.717) is 5.56 Å². The van der Waals surface area contributed by atoms with Gasteiger partial charge in [0.1, 0.15) is 22.8 Å². The summed E-state index contributed by atoms with van der Waals surface area (Å²) in [5, 5.41) is 66.9. The van der Waals surface area contributed by atoms with Crippen molar-refractivity contribution in [2.24, 2.45) is 17.6 Å². The quantitative estimate of drug-likeness (QED) is 0.258. The minimum atomic E-state index is -3.03. The number of aromatic hydroxyl groups is 1. The Bertz CT molecular complexity index is 1230. The summed E-state index contributed by atoms with van der Waals surface area (Å²) in [4.78, 5) is 40.1. The number of hydrogen-bond donors (Lipinski definition) is 7. The van der Waals surface area contributed by atoms with E-state index >= 15 is 0 Å². The lowest BCUT2D eigenvalue weighted by Gasteiger charge is -2.55. The van der Waals surface area contributed by atoms with Gasteiger partial charge in [-0.1, -0.05) is 6.07 Å². The van der Waals surface area contributed by atoms with Crippen molar-refractivity contribution in [3.63, 3.8) is 0 Å². The second kappa shape index (κ2) is 7.12. The molecule has 182 valence electrons. The highest BCUT2D eigenvalue weighted by Gasteiger charge is 2.70. The van der Waals surface area contributed by atoms with Crippen molar-refractivity contribution in [3.8, 4) is 5.75 Å². The highest BCUT2D eigenvalue weighted by atomic mass is 16.4. The van der Waals surface area contributed by atoms with Crippen LogP contribution in [0.5, 0.6) is 5.75 Å². The molecule has 34 heavy (non-hydrogen) atoms. The minimum Gasteiger partial charge on any atom is -0.508 e. The Balaban J connectivity index is 2.11. The van der Waals surface area contributed by atoms with Crippen molar-refractivity contribution >= 4 is 23.2 Å². The molecule has 0 unspecified atom stereocenters. The van der Waals surface area contributed by atoms with Crippen LogP contribution in [0.2, 0.25) is 0 Å². The van der Waals surface area contributed by atoms with Gasteiger partial charge in [-0.05, 0) is 45.1 Å². The number of Topliss-reactive ketones (excluding diaryl/α,β-unsaturated/α-hetero) is 2. The molecule has 6 atom stereocenters. The van der Waals surface area contributed by atoms with Gasteiger partial charge in [-0.25, -0.2) is 0 Å². The Morgan fingerprint density at radius 2 is 1.71 bits per heavy atom. The summed E-state index contributed by atoms with van der Waals surface area (Å²) in [5.74, 6) is -9.66. The van der Waals surface area contributed by atoms with Crippen LogP contribution in [0.4, 0.5) is 0 Å². The van der Waals surface area contributed by atoms with E-state index in [4.69, 9.17) is 5.73 Å². The van der Waals surface area contributed by atoms with Gasteiger partial charge in [-0.15, -0.1) is 0 Å². The van der Waals surface area contributed by atoms with Gasteiger partial charge in [0.15, 0.2) is 11.4 Å². The number of fused-ring (bicyclic) bond motifs is 3. The first kappa shape index (κ1) is 23.9. The molecule has 11 nitrogen and oxygen atoms in total. The van der Waals surface area contributed by atoms with E-state index in [1.807, 2.05) is 0 Å². The zero-order valence-corrected chi connectivity index (χ0v) is 18.9. The third-order valence-corrected chi connectivity index (χ3v) is 7.25. The number of nitrogens with zero attached hydrogens (tertiary/aromatic N) is 1. The lowest BCUT2D eigenvalue weighted by molar-refractivity contribution is -0.181. The molecule has 4 rings (SSSR count). The average Bonchev–Trinajstić information content (AvgIpc) is 2.70. The number of rotatable bonds is 2. The lowest BCUT2D eigenvalue weighted by Crippen LogP contribution is -2.71. The number of amides is 1. The van der Waals surface area contributed by atoms with Crippen LogP contribution in [0.1, 0.15) is 23.6 Å². The van der Waals surface area contributed by atoms with E-state index in [-0.39, 0.29) is 11.1 Å². The molecular formula is C23H26N2O9. The highest BCUT2D eigenvalue weighted by molar-refractivity contribution is 6.24. The molecule has 1 amide bonds. The second-order valence-corrected chi connectivity index (χ2v) is 9.57. The zero-order chi connectivity index (χ0) is 25.7. The SMILES string of the molecule is Cc1cc(O)c2c(c1)[C@@](C)(O)[C@@H]1C(=C2O)C(=O)[C@]2(O)C(O)=C(C(N)=O)C(=O)[C@@H](N(C)C)[C@@H]2[C@H]1O. The van der Waals surface area contributed by atoms with Crippen molar-refractivity contribution < 1.29 is 45.0 Å². The maximum atomic E-state index is 13.8. The maximum Gasteiger partial charge on any atom is 0.255 e. The van der Waals surface area contributed by atoms with Gasteiger partial charge in [0.2, 0.25) is 5.78 Å². The molecule has 1 aromatic rings.